The van der Waals surface area contributed by atoms with Gasteiger partial charge in [-0.3, -0.25) is 0 Å². The van der Waals surface area contributed by atoms with Crippen LogP contribution in [0.2, 0.25) is 0 Å². The van der Waals surface area contributed by atoms with E-state index in [9.17, 15) is 0 Å². The van der Waals surface area contributed by atoms with Crippen LogP contribution in [-0.4, -0.2) is 5.11 Å². The molecule has 0 unspecified atom stereocenters. The number of hydrogen-bond donors (Lipinski definition) is 1. The van der Waals surface area contributed by atoms with Gasteiger partial charge in [-0.1, -0.05) is 54.6 Å². The highest BCUT2D eigenvalue weighted by atomic mass is 16.5. The summed E-state index contributed by atoms with van der Waals surface area (Å²) in [4.78, 5) is 0. The molecule has 4 rings (SSSR count). The van der Waals surface area contributed by atoms with Crippen LogP contribution in [0, 0.1) is 0 Å². The standard InChI is InChI=1S/C13H10O.C6H6O/c1-3-7-12-10(5-1)9-11-6-2-4-8-13(11)14-12;7-6-4-2-1-3-5-6/h1-8H,9H2;1-5,7H. The largest absolute Gasteiger partial charge is 0.508 e. The molecule has 1 heterocycles. The zero-order valence-electron chi connectivity index (χ0n) is 11.6. The topological polar surface area (TPSA) is 29.5 Å². The van der Waals surface area contributed by atoms with Gasteiger partial charge in [-0.05, 0) is 35.4 Å². The molecule has 0 aliphatic carbocycles. The Morgan fingerprint density at radius 2 is 1.10 bits per heavy atom. The monoisotopic (exact) mass is 276 g/mol. The van der Waals surface area contributed by atoms with Gasteiger partial charge < -0.3 is 9.84 Å². The van der Waals surface area contributed by atoms with Gasteiger partial charge in [0.25, 0.3) is 0 Å². The molecule has 0 fully saturated rings. The number of fused-ring (bicyclic) bond motifs is 2. The van der Waals surface area contributed by atoms with Crippen molar-refractivity contribution in [3.05, 3.63) is 90.0 Å². The number of aromatic hydroxyl groups is 1. The Bertz CT molecular complexity index is 633. The van der Waals surface area contributed by atoms with Gasteiger partial charge in [0.05, 0.1) is 0 Å². The maximum absolute atomic E-state index is 8.63. The maximum Gasteiger partial charge on any atom is 0.130 e. The lowest BCUT2D eigenvalue weighted by atomic mass is 10.0. The van der Waals surface area contributed by atoms with Crippen molar-refractivity contribution in [2.24, 2.45) is 0 Å². The molecule has 3 aromatic rings. The first-order valence-electron chi connectivity index (χ1n) is 6.90. The Labute approximate surface area is 124 Å². The van der Waals surface area contributed by atoms with E-state index in [0.717, 1.165) is 17.9 Å². The predicted octanol–water partition coefficient (Wildman–Crippen LogP) is 4.78. The molecule has 1 aliphatic rings. The molecule has 104 valence electrons. The van der Waals surface area contributed by atoms with E-state index < -0.39 is 0 Å². The average Bonchev–Trinajstić information content (AvgIpc) is 2.54. The minimum Gasteiger partial charge on any atom is -0.508 e. The number of hydrogen-bond acceptors (Lipinski definition) is 2. The molecule has 3 aromatic carbocycles. The van der Waals surface area contributed by atoms with Gasteiger partial charge in [-0.2, -0.15) is 0 Å². The molecule has 2 nitrogen and oxygen atoms in total. The van der Waals surface area contributed by atoms with Crippen LogP contribution in [0.1, 0.15) is 11.1 Å². The minimum absolute atomic E-state index is 0.322. The van der Waals surface area contributed by atoms with Crippen LogP contribution >= 0.6 is 0 Å². The van der Waals surface area contributed by atoms with Gasteiger partial charge >= 0.3 is 0 Å². The van der Waals surface area contributed by atoms with Crippen molar-refractivity contribution in [1.29, 1.82) is 0 Å². The highest BCUT2D eigenvalue weighted by Gasteiger charge is 2.14. The van der Waals surface area contributed by atoms with Gasteiger partial charge in [0.2, 0.25) is 0 Å². The van der Waals surface area contributed by atoms with Crippen LogP contribution in [0.25, 0.3) is 0 Å². The van der Waals surface area contributed by atoms with E-state index in [2.05, 4.69) is 24.3 Å². The average molecular weight is 276 g/mol. The Morgan fingerprint density at radius 1 is 0.619 bits per heavy atom. The number of ether oxygens (including phenoxy) is 1. The Hall–Kier alpha value is -2.74. The number of rotatable bonds is 0. The fraction of sp³-hybridized carbons (Fsp3) is 0.0526. The van der Waals surface area contributed by atoms with Crippen molar-refractivity contribution in [3.8, 4) is 17.2 Å². The van der Waals surface area contributed by atoms with Crippen LogP contribution < -0.4 is 4.74 Å². The molecule has 0 radical (unpaired) electrons. The van der Waals surface area contributed by atoms with Crippen LogP contribution in [0.5, 0.6) is 17.2 Å². The summed E-state index contributed by atoms with van der Waals surface area (Å²) >= 11 is 0. The molecule has 0 spiro atoms. The molecular formula is C19H16O2. The molecule has 1 N–H and O–H groups in total. The van der Waals surface area contributed by atoms with E-state index >= 15 is 0 Å². The SMILES string of the molecule is Oc1ccccc1.c1ccc2c(c1)Cc1ccccc1O2. The first-order chi connectivity index (χ1) is 10.3. The molecule has 0 atom stereocenters. The van der Waals surface area contributed by atoms with Gasteiger partial charge in [0.1, 0.15) is 17.2 Å². The number of phenols is 1. The molecule has 0 saturated heterocycles. The van der Waals surface area contributed by atoms with E-state index in [0.29, 0.717) is 5.75 Å². The first-order valence-corrected chi connectivity index (χ1v) is 6.90. The molecule has 1 aliphatic heterocycles. The third-order valence-electron chi connectivity index (χ3n) is 3.30. The normalized spacial score (nSPS) is 11.2. The second-order valence-corrected chi connectivity index (χ2v) is 4.83. The van der Waals surface area contributed by atoms with E-state index in [1.165, 1.54) is 11.1 Å². The van der Waals surface area contributed by atoms with Crippen molar-refractivity contribution in [2.45, 2.75) is 6.42 Å². The minimum atomic E-state index is 0.322. The van der Waals surface area contributed by atoms with Crippen LogP contribution in [0.4, 0.5) is 0 Å². The predicted molar refractivity (Wildman–Crippen MR) is 83.9 cm³/mol. The van der Waals surface area contributed by atoms with E-state index in [-0.39, 0.29) is 0 Å². The van der Waals surface area contributed by atoms with Gasteiger partial charge in [0.15, 0.2) is 0 Å². The molecular weight excluding hydrogens is 260 g/mol. The van der Waals surface area contributed by atoms with Crippen LogP contribution in [0.15, 0.2) is 78.9 Å². The van der Waals surface area contributed by atoms with Crippen molar-refractivity contribution in [3.63, 3.8) is 0 Å². The quantitative estimate of drug-likeness (QED) is 0.501. The van der Waals surface area contributed by atoms with Gasteiger partial charge in [0, 0.05) is 6.42 Å². The van der Waals surface area contributed by atoms with Gasteiger partial charge in [-0.25, -0.2) is 0 Å². The molecule has 0 bridgehead atoms. The highest BCUT2D eigenvalue weighted by molar-refractivity contribution is 5.49. The van der Waals surface area contributed by atoms with Crippen molar-refractivity contribution in [2.75, 3.05) is 0 Å². The second-order valence-electron chi connectivity index (χ2n) is 4.83. The molecule has 0 aromatic heterocycles. The molecule has 21 heavy (non-hydrogen) atoms. The highest BCUT2D eigenvalue weighted by Crippen LogP contribution is 2.35. The molecule has 0 saturated carbocycles. The zero-order chi connectivity index (χ0) is 14.5. The lowest BCUT2D eigenvalue weighted by molar-refractivity contribution is 0.460. The fourth-order valence-corrected chi connectivity index (χ4v) is 2.25. The summed E-state index contributed by atoms with van der Waals surface area (Å²) in [6.45, 7) is 0. The second kappa shape index (κ2) is 6.14. The summed E-state index contributed by atoms with van der Waals surface area (Å²) < 4.78 is 5.78. The summed E-state index contributed by atoms with van der Waals surface area (Å²) in [5.74, 6) is 2.31. The molecule has 2 heteroatoms. The number of benzene rings is 3. The lowest BCUT2D eigenvalue weighted by Gasteiger charge is -2.19. The first kappa shape index (κ1) is 13.3. The van der Waals surface area contributed by atoms with Crippen molar-refractivity contribution >= 4 is 0 Å². The summed E-state index contributed by atoms with van der Waals surface area (Å²) in [5.41, 5.74) is 2.54. The number of phenolic OH excluding ortho intramolecular Hbond substituents is 1. The summed E-state index contributed by atoms with van der Waals surface area (Å²) in [7, 11) is 0. The van der Waals surface area contributed by atoms with E-state index in [1.807, 2.05) is 30.3 Å². The molecule has 0 amide bonds. The van der Waals surface area contributed by atoms with Gasteiger partial charge in [-0.15, -0.1) is 0 Å². The Balaban J connectivity index is 0.000000160. The third kappa shape index (κ3) is 3.23. The Kier molecular flexibility index (Phi) is 3.88. The lowest BCUT2D eigenvalue weighted by Crippen LogP contribution is -2.01. The third-order valence-corrected chi connectivity index (χ3v) is 3.30. The fourth-order valence-electron chi connectivity index (χ4n) is 2.25. The zero-order valence-corrected chi connectivity index (χ0v) is 11.6. The smallest absolute Gasteiger partial charge is 0.130 e. The van der Waals surface area contributed by atoms with Crippen molar-refractivity contribution < 1.29 is 9.84 Å². The summed E-state index contributed by atoms with van der Waals surface area (Å²) in [5, 5.41) is 8.63. The van der Waals surface area contributed by atoms with E-state index in [1.54, 1.807) is 24.3 Å². The van der Waals surface area contributed by atoms with Crippen LogP contribution in [-0.2, 0) is 6.42 Å². The van der Waals surface area contributed by atoms with Crippen LogP contribution in [0.3, 0.4) is 0 Å². The summed E-state index contributed by atoms with van der Waals surface area (Å²) in [6.07, 6.45) is 0.979. The number of para-hydroxylation sites is 3. The van der Waals surface area contributed by atoms with E-state index in [4.69, 9.17) is 9.84 Å². The van der Waals surface area contributed by atoms with Crippen molar-refractivity contribution in [1.82, 2.24) is 0 Å². The Morgan fingerprint density at radius 3 is 1.57 bits per heavy atom. The summed E-state index contributed by atoms with van der Waals surface area (Å²) in [6, 6.07) is 25.1. The maximum atomic E-state index is 8.63.